The maximum absolute atomic E-state index is 13.6. The van der Waals surface area contributed by atoms with Gasteiger partial charge in [0.2, 0.25) is 0 Å². The number of anilines is 3. The van der Waals surface area contributed by atoms with Crippen LogP contribution in [0.25, 0.3) is 11.1 Å². The number of aromatic carboxylic acids is 1. The third-order valence-electron chi connectivity index (χ3n) is 6.70. The van der Waals surface area contributed by atoms with Crippen molar-refractivity contribution < 1.29 is 33.0 Å². The first-order valence-corrected chi connectivity index (χ1v) is 12.7. The number of hydrazone groups is 1. The first kappa shape index (κ1) is 27.4. The van der Waals surface area contributed by atoms with E-state index in [1.54, 1.807) is 30.3 Å². The number of para-hydroxylation sites is 1. The fourth-order valence-corrected chi connectivity index (χ4v) is 4.69. The Balaban J connectivity index is 1.54. The number of hydrogen-bond acceptors (Lipinski definition) is 5. The molecule has 0 spiro atoms. The van der Waals surface area contributed by atoms with E-state index in [1.165, 1.54) is 35.2 Å². The number of carbonyl (C=O) groups excluding carboxylic acids is 1. The van der Waals surface area contributed by atoms with E-state index in [1.807, 2.05) is 19.1 Å². The van der Waals surface area contributed by atoms with Crippen LogP contribution >= 0.6 is 0 Å². The topological polar surface area (TPSA) is 102 Å². The molecule has 5 rings (SSSR count). The van der Waals surface area contributed by atoms with Gasteiger partial charge in [0.05, 0.1) is 22.5 Å². The summed E-state index contributed by atoms with van der Waals surface area (Å²) >= 11 is 0. The lowest BCUT2D eigenvalue weighted by atomic mass is 10.0. The highest BCUT2D eigenvalue weighted by Gasteiger charge is 2.39. The molecule has 0 saturated heterocycles. The summed E-state index contributed by atoms with van der Waals surface area (Å²) in [5.41, 5.74) is 4.02. The molecule has 0 saturated carbocycles. The van der Waals surface area contributed by atoms with Crippen molar-refractivity contribution in [3.8, 4) is 16.9 Å². The van der Waals surface area contributed by atoms with E-state index in [0.29, 0.717) is 16.8 Å². The van der Waals surface area contributed by atoms with Gasteiger partial charge in [0, 0.05) is 16.8 Å². The smallest absolute Gasteiger partial charge is 0.416 e. The Morgan fingerprint density at radius 3 is 2.37 bits per heavy atom. The zero-order valence-corrected chi connectivity index (χ0v) is 21.7. The minimum Gasteiger partial charge on any atom is -0.505 e. The number of nitrogens with zero attached hydrogens (tertiary/aromatic N) is 2. The second kappa shape index (κ2) is 10.8. The number of halogens is 3. The average molecular weight is 560 g/mol. The molecule has 4 aromatic rings. The number of aryl methyl sites for hydroxylation is 1. The van der Waals surface area contributed by atoms with Crippen LogP contribution in [-0.2, 0) is 17.4 Å². The number of aromatic hydroxyl groups is 1. The Kier molecular flexibility index (Phi) is 7.23. The molecule has 4 aromatic carbocycles. The number of benzene rings is 4. The number of amides is 1. The van der Waals surface area contributed by atoms with Crippen molar-refractivity contribution in [3.05, 3.63) is 107 Å². The Labute approximate surface area is 233 Å². The molecule has 0 aromatic heterocycles. The van der Waals surface area contributed by atoms with Gasteiger partial charge in [-0.1, -0.05) is 49.7 Å². The molecule has 0 radical (unpaired) electrons. The SMILES string of the molecule is CCCc1ccc(N2C(=O)/C(=N\Nc3cccc(-c4cccc(C(=O)O)c4)c3O)c3cc(C(F)(F)F)ccc32)cc1. The third kappa shape index (κ3) is 5.36. The molecule has 7 nitrogen and oxygen atoms in total. The predicted molar refractivity (Wildman–Crippen MR) is 150 cm³/mol. The lowest BCUT2D eigenvalue weighted by Crippen LogP contribution is -2.26. The zero-order valence-electron chi connectivity index (χ0n) is 21.7. The summed E-state index contributed by atoms with van der Waals surface area (Å²) < 4.78 is 40.7. The van der Waals surface area contributed by atoms with Crippen molar-refractivity contribution in [2.45, 2.75) is 25.9 Å². The molecule has 0 bridgehead atoms. The van der Waals surface area contributed by atoms with Crippen LogP contribution in [0.4, 0.5) is 30.2 Å². The average Bonchev–Trinajstić information content (AvgIpc) is 3.23. The molecule has 10 heteroatoms. The van der Waals surface area contributed by atoms with Gasteiger partial charge in [-0.2, -0.15) is 18.3 Å². The highest BCUT2D eigenvalue weighted by atomic mass is 19.4. The molecule has 208 valence electrons. The van der Waals surface area contributed by atoms with Crippen LogP contribution in [0.1, 0.15) is 40.4 Å². The van der Waals surface area contributed by atoms with Crippen LogP contribution in [0.2, 0.25) is 0 Å². The van der Waals surface area contributed by atoms with Crippen molar-refractivity contribution in [1.29, 1.82) is 0 Å². The third-order valence-corrected chi connectivity index (χ3v) is 6.70. The lowest BCUT2D eigenvalue weighted by Gasteiger charge is -2.18. The molecular weight excluding hydrogens is 535 g/mol. The maximum atomic E-state index is 13.6. The Morgan fingerprint density at radius 1 is 0.951 bits per heavy atom. The van der Waals surface area contributed by atoms with Gasteiger partial charge in [0.1, 0.15) is 5.75 Å². The van der Waals surface area contributed by atoms with Gasteiger partial charge in [0.25, 0.3) is 5.91 Å². The summed E-state index contributed by atoms with van der Waals surface area (Å²) in [6.07, 6.45) is -2.85. The molecule has 1 aliphatic heterocycles. The molecule has 1 heterocycles. The number of phenols is 1. The van der Waals surface area contributed by atoms with Crippen LogP contribution < -0.4 is 10.3 Å². The van der Waals surface area contributed by atoms with Gasteiger partial charge < -0.3 is 10.2 Å². The van der Waals surface area contributed by atoms with E-state index in [4.69, 9.17) is 0 Å². The predicted octanol–water partition coefficient (Wildman–Crippen LogP) is 7.22. The molecular formula is C31H24F3N3O4. The van der Waals surface area contributed by atoms with E-state index in [-0.39, 0.29) is 34.0 Å². The maximum Gasteiger partial charge on any atom is 0.416 e. The molecule has 0 aliphatic carbocycles. The van der Waals surface area contributed by atoms with Crippen LogP contribution in [0.5, 0.6) is 5.75 Å². The number of carbonyl (C=O) groups is 2. The fraction of sp³-hybridized carbons (Fsp3) is 0.129. The minimum absolute atomic E-state index is 0.0141. The second-order valence-corrected chi connectivity index (χ2v) is 9.45. The van der Waals surface area contributed by atoms with Crippen LogP contribution in [0, 0.1) is 0 Å². The monoisotopic (exact) mass is 559 g/mol. The lowest BCUT2D eigenvalue weighted by molar-refractivity contribution is -0.137. The summed E-state index contributed by atoms with van der Waals surface area (Å²) in [4.78, 5) is 26.3. The molecule has 3 N–H and O–H groups in total. The Bertz CT molecular complexity index is 1680. The van der Waals surface area contributed by atoms with Gasteiger partial charge in [-0.15, -0.1) is 0 Å². The summed E-state index contributed by atoms with van der Waals surface area (Å²) in [6.45, 7) is 2.04. The Hall–Kier alpha value is -5.12. The number of carboxylic acids is 1. The number of hydrogen-bond donors (Lipinski definition) is 3. The van der Waals surface area contributed by atoms with Crippen molar-refractivity contribution in [2.24, 2.45) is 5.10 Å². The molecule has 0 atom stereocenters. The van der Waals surface area contributed by atoms with Gasteiger partial charge in [-0.25, -0.2) is 4.79 Å². The second-order valence-electron chi connectivity index (χ2n) is 9.45. The molecule has 0 unspecified atom stereocenters. The van der Waals surface area contributed by atoms with E-state index >= 15 is 0 Å². The number of rotatable bonds is 7. The summed E-state index contributed by atoms with van der Waals surface area (Å²) in [5, 5.41) is 24.4. The molecule has 0 fully saturated rings. The van der Waals surface area contributed by atoms with Crippen LogP contribution in [0.3, 0.4) is 0 Å². The zero-order chi connectivity index (χ0) is 29.3. The number of fused-ring (bicyclic) bond motifs is 1. The fourth-order valence-electron chi connectivity index (χ4n) is 4.69. The quantitative estimate of drug-likeness (QED) is 0.164. The van der Waals surface area contributed by atoms with Crippen LogP contribution in [-0.4, -0.2) is 27.8 Å². The highest BCUT2D eigenvalue weighted by Crippen LogP contribution is 2.41. The van der Waals surface area contributed by atoms with Crippen molar-refractivity contribution in [3.63, 3.8) is 0 Å². The first-order valence-electron chi connectivity index (χ1n) is 12.7. The normalized spacial score (nSPS) is 13.9. The van der Waals surface area contributed by atoms with Gasteiger partial charge in [-0.05, 0) is 66.1 Å². The van der Waals surface area contributed by atoms with Crippen molar-refractivity contribution >= 4 is 34.7 Å². The van der Waals surface area contributed by atoms with E-state index in [9.17, 15) is 33.0 Å². The van der Waals surface area contributed by atoms with E-state index < -0.39 is 23.6 Å². The molecule has 1 aliphatic rings. The number of nitrogens with one attached hydrogen (secondary N) is 1. The van der Waals surface area contributed by atoms with Gasteiger partial charge >= 0.3 is 12.1 Å². The van der Waals surface area contributed by atoms with Crippen molar-refractivity contribution in [2.75, 3.05) is 10.3 Å². The van der Waals surface area contributed by atoms with Crippen LogP contribution in [0.15, 0.2) is 90.0 Å². The van der Waals surface area contributed by atoms with Gasteiger partial charge in [0.15, 0.2) is 5.71 Å². The highest BCUT2D eigenvalue weighted by molar-refractivity contribution is 6.55. The standard InChI is InChI=1S/C31H24F3N3O4/c1-2-5-18-10-13-22(14-11-18)37-26-15-12-21(31(32,33)34)17-24(26)27(29(37)39)36-35-25-9-4-8-23(28(25)38)19-6-3-7-20(16-19)30(40)41/h3-4,6-17,35,38H,2,5H2,1H3,(H,40,41)/b36-27-. The summed E-state index contributed by atoms with van der Waals surface area (Å²) in [5.74, 6) is -2.05. The summed E-state index contributed by atoms with van der Waals surface area (Å²) in [6, 6.07) is 20.8. The molecule has 1 amide bonds. The number of alkyl halides is 3. The number of phenolic OH excluding ortho intramolecular Hbond substituents is 1. The number of carboxylic acid groups (broad SMARTS) is 1. The largest absolute Gasteiger partial charge is 0.505 e. The van der Waals surface area contributed by atoms with Gasteiger partial charge in [-0.3, -0.25) is 15.1 Å². The minimum atomic E-state index is -4.64. The molecule has 41 heavy (non-hydrogen) atoms. The van der Waals surface area contributed by atoms with E-state index in [2.05, 4.69) is 10.5 Å². The summed E-state index contributed by atoms with van der Waals surface area (Å²) in [7, 11) is 0. The van der Waals surface area contributed by atoms with E-state index in [0.717, 1.165) is 30.5 Å². The first-order chi connectivity index (χ1) is 19.6. The van der Waals surface area contributed by atoms with Crippen molar-refractivity contribution in [1.82, 2.24) is 0 Å². The Morgan fingerprint density at radius 2 is 1.68 bits per heavy atom.